The Hall–Kier alpha value is 0.950. The van der Waals surface area contributed by atoms with E-state index in [-0.39, 0.29) is 0 Å². The van der Waals surface area contributed by atoms with Crippen molar-refractivity contribution in [2.75, 3.05) is 18.5 Å². The first-order chi connectivity index (χ1) is 3.35. The van der Waals surface area contributed by atoms with Crippen molar-refractivity contribution in [3.8, 4) is 0 Å². The van der Waals surface area contributed by atoms with Crippen LogP contribution in [0.1, 0.15) is 0 Å². The third-order valence-electron chi connectivity index (χ3n) is 0.505. The molecular formula is C3H8ClNS2. The van der Waals surface area contributed by atoms with Gasteiger partial charge in [-0.3, -0.25) is 0 Å². The van der Waals surface area contributed by atoms with Gasteiger partial charge in [0.05, 0.1) is 6.00 Å². The Balaban J connectivity index is 2.99. The van der Waals surface area contributed by atoms with Gasteiger partial charge in [0, 0.05) is 0 Å². The van der Waals surface area contributed by atoms with Gasteiger partial charge in [-0.15, -0.1) is 11.6 Å². The van der Waals surface area contributed by atoms with Crippen LogP contribution in [0.5, 0.6) is 0 Å². The van der Waals surface area contributed by atoms with Gasteiger partial charge < -0.3 is 0 Å². The largest absolute Gasteiger partial charge is 0.180 e. The highest BCUT2D eigenvalue weighted by atomic mass is 35.5. The second-order valence-electron chi connectivity index (χ2n) is 0.817. The molecule has 1 nitrogen and oxygen atoms in total. The minimum atomic E-state index is 0.586. The summed E-state index contributed by atoms with van der Waals surface area (Å²) >= 11 is 8.72. The van der Waals surface area contributed by atoms with E-state index in [0.717, 1.165) is 0 Å². The Morgan fingerprint density at radius 2 is 1.86 bits per heavy atom. The molecule has 0 spiro atoms. The maximum atomic E-state index is 5.45. The Morgan fingerprint density at radius 1 is 1.43 bits per heavy atom. The van der Waals surface area contributed by atoms with Gasteiger partial charge in [0.25, 0.3) is 0 Å². The van der Waals surface area contributed by atoms with Gasteiger partial charge in [-0.2, -0.15) is 3.71 Å². The van der Waals surface area contributed by atoms with Crippen molar-refractivity contribution in [3.63, 3.8) is 0 Å². The molecule has 0 aliphatic carbocycles. The van der Waals surface area contributed by atoms with Crippen molar-refractivity contribution in [2.45, 2.75) is 0 Å². The van der Waals surface area contributed by atoms with E-state index in [0.29, 0.717) is 6.00 Å². The van der Waals surface area contributed by atoms with Crippen LogP contribution >= 0.6 is 35.5 Å². The van der Waals surface area contributed by atoms with Gasteiger partial charge in [-0.25, -0.2) is 0 Å². The topological polar surface area (TPSA) is 3.24 Å². The third-order valence-corrected chi connectivity index (χ3v) is 2.99. The fourth-order valence-corrected chi connectivity index (χ4v) is 1.55. The Bertz CT molecular complexity index is 34.4. The van der Waals surface area contributed by atoms with Gasteiger partial charge in [0.15, 0.2) is 0 Å². The third kappa shape index (κ3) is 3.53. The van der Waals surface area contributed by atoms with Crippen molar-refractivity contribution >= 4 is 35.5 Å². The van der Waals surface area contributed by atoms with Crippen LogP contribution in [0.4, 0.5) is 0 Å². The zero-order chi connectivity index (χ0) is 5.70. The first kappa shape index (κ1) is 7.95. The Labute approximate surface area is 58.0 Å². The summed E-state index contributed by atoms with van der Waals surface area (Å²) < 4.78 is 1.97. The van der Waals surface area contributed by atoms with Gasteiger partial charge in [0.2, 0.25) is 0 Å². The number of nitrogens with zero attached hydrogens (tertiary/aromatic N) is 1. The summed E-state index contributed by atoms with van der Waals surface area (Å²) in [5.41, 5.74) is 0. The molecule has 0 fully saturated rings. The molecule has 0 aliphatic heterocycles. The van der Waals surface area contributed by atoms with Gasteiger partial charge >= 0.3 is 0 Å². The lowest BCUT2D eigenvalue weighted by atomic mass is 11.5. The minimum absolute atomic E-state index is 0.586. The molecular weight excluding hydrogens is 150 g/mol. The van der Waals surface area contributed by atoms with Crippen LogP contribution in [0, 0.1) is 0 Å². The summed E-state index contributed by atoms with van der Waals surface area (Å²) in [7, 11) is 0. The van der Waals surface area contributed by atoms with E-state index in [1.807, 2.05) is 16.2 Å². The molecule has 4 heteroatoms. The van der Waals surface area contributed by atoms with E-state index in [2.05, 4.69) is 0 Å². The average Bonchev–Trinajstić information content (AvgIpc) is 1.72. The summed E-state index contributed by atoms with van der Waals surface area (Å²) in [6.45, 7) is 0. The quantitative estimate of drug-likeness (QED) is 0.351. The van der Waals surface area contributed by atoms with Crippen LogP contribution in [0.2, 0.25) is 0 Å². The number of hydrogen-bond donors (Lipinski definition) is 0. The van der Waals surface area contributed by atoms with Crippen molar-refractivity contribution in [1.82, 2.24) is 3.71 Å². The highest BCUT2D eigenvalue weighted by Gasteiger charge is 1.93. The second kappa shape index (κ2) is 5.09. The molecule has 7 heavy (non-hydrogen) atoms. The standard InChI is InChI=1S/C3H8ClNS2/c1-6-5(3-4)7-2/h3H2,1-2H3. The highest BCUT2D eigenvalue weighted by Crippen LogP contribution is 2.15. The first-order valence-electron chi connectivity index (χ1n) is 1.77. The molecule has 44 valence electrons. The van der Waals surface area contributed by atoms with Gasteiger partial charge in [-0.1, -0.05) is 23.9 Å². The molecule has 0 unspecified atom stereocenters. The highest BCUT2D eigenvalue weighted by molar-refractivity contribution is 8.11. The number of alkyl halides is 1. The average molecular weight is 158 g/mol. The summed E-state index contributed by atoms with van der Waals surface area (Å²) in [5.74, 6) is 0. The predicted octanol–water partition coefficient (Wildman–Crippen LogP) is 2.04. The minimum Gasteiger partial charge on any atom is -0.180 e. The van der Waals surface area contributed by atoms with Crippen LogP contribution in [-0.2, 0) is 0 Å². The van der Waals surface area contributed by atoms with Crippen LogP contribution in [0.25, 0.3) is 0 Å². The normalized spacial score (nSPS) is 10.3. The van der Waals surface area contributed by atoms with Gasteiger partial charge in [0.1, 0.15) is 0 Å². The number of hydrogen-bond acceptors (Lipinski definition) is 3. The van der Waals surface area contributed by atoms with Crippen LogP contribution in [-0.4, -0.2) is 22.2 Å². The van der Waals surface area contributed by atoms with E-state index < -0.39 is 0 Å². The summed E-state index contributed by atoms with van der Waals surface area (Å²) in [5, 5.41) is 0. The summed E-state index contributed by atoms with van der Waals surface area (Å²) in [6, 6.07) is 0.586. The first-order valence-corrected chi connectivity index (χ1v) is 4.66. The number of halogens is 1. The lowest BCUT2D eigenvalue weighted by molar-refractivity contribution is 0.906. The molecule has 0 aromatic carbocycles. The van der Waals surface area contributed by atoms with E-state index in [4.69, 9.17) is 11.6 Å². The predicted molar refractivity (Wildman–Crippen MR) is 39.6 cm³/mol. The van der Waals surface area contributed by atoms with E-state index in [9.17, 15) is 0 Å². The van der Waals surface area contributed by atoms with Crippen molar-refractivity contribution in [1.29, 1.82) is 0 Å². The smallest absolute Gasteiger partial charge is 0.0946 e. The Kier molecular flexibility index (Phi) is 5.79. The Morgan fingerprint density at radius 3 is 1.86 bits per heavy atom. The molecule has 0 saturated carbocycles. The van der Waals surface area contributed by atoms with Crippen molar-refractivity contribution in [2.24, 2.45) is 0 Å². The van der Waals surface area contributed by atoms with Crippen LogP contribution in [0.3, 0.4) is 0 Å². The van der Waals surface area contributed by atoms with E-state index in [1.165, 1.54) is 0 Å². The lowest BCUT2D eigenvalue weighted by Crippen LogP contribution is -1.99. The molecule has 0 amide bonds. The second-order valence-corrected chi connectivity index (χ2v) is 2.90. The van der Waals surface area contributed by atoms with Crippen LogP contribution < -0.4 is 0 Å². The lowest BCUT2D eigenvalue weighted by Gasteiger charge is -2.08. The summed E-state index contributed by atoms with van der Waals surface area (Å²) in [4.78, 5) is 0. The van der Waals surface area contributed by atoms with Crippen molar-refractivity contribution < 1.29 is 0 Å². The molecule has 0 rings (SSSR count). The zero-order valence-corrected chi connectivity index (χ0v) is 6.74. The number of rotatable bonds is 3. The van der Waals surface area contributed by atoms with Crippen molar-refractivity contribution in [3.05, 3.63) is 0 Å². The van der Waals surface area contributed by atoms with E-state index in [1.54, 1.807) is 23.9 Å². The molecule has 0 heterocycles. The van der Waals surface area contributed by atoms with Gasteiger partial charge in [-0.05, 0) is 12.5 Å². The maximum Gasteiger partial charge on any atom is 0.0946 e. The molecule has 0 N–H and O–H groups in total. The molecule has 0 saturated heterocycles. The molecule has 0 aromatic heterocycles. The SMILES string of the molecule is CSN(CCl)SC. The monoisotopic (exact) mass is 157 g/mol. The molecule has 0 atom stereocenters. The maximum absolute atomic E-state index is 5.45. The fraction of sp³-hybridized carbons (Fsp3) is 1.00. The fourth-order valence-electron chi connectivity index (χ4n) is 0.172. The molecule has 0 aromatic rings. The molecule has 0 bridgehead atoms. The van der Waals surface area contributed by atoms with Crippen LogP contribution in [0.15, 0.2) is 0 Å². The summed E-state index contributed by atoms with van der Waals surface area (Å²) in [6.07, 6.45) is 4.00. The molecule has 0 aliphatic rings. The van der Waals surface area contributed by atoms with E-state index >= 15 is 0 Å². The zero-order valence-electron chi connectivity index (χ0n) is 4.35. The molecule has 0 radical (unpaired) electrons.